The van der Waals surface area contributed by atoms with Crippen LogP contribution in [0.3, 0.4) is 0 Å². The number of carbonyl (C=O) groups is 1. The van der Waals surface area contributed by atoms with Gasteiger partial charge in [0.05, 0.1) is 13.0 Å². The van der Waals surface area contributed by atoms with Crippen LogP contribution in [0.1, 0.15) is 44.2 Å². The molecule has 0 radical (unpaired) electrons. The van der Waals surface area contributed by atoms with Crippen LogP contribution in [0.2, 0.25) is 0 Å². The fourth-order valence-electron chi connectivity index (χ4n) is 2.82. The SMILES string of the molecule is CCOC(=O)CC(c1ccc(F)cc1Br)N1CCCCC1. The summed E-state index contributed by atoms with van der Waals surface area (Å²) in [6, 6.07) is 4.61. The predicted octanol–water partition coefficient (Wildman–Crippen LogP) is 4.07. The van der Waals surface area contributed by atoms with Crippen LogP contribution in [-0.2, 0) is 9.53 Å². The molecule has 1 aliphatic rings. The molecule has 1 atom stereocenters. The van der Waals surface area contributed by atoms with Crippen molar-refractivity contribution in [3.8, 4) is 0 Å². The van der Waals surface area contributed by atoms with E-state index in [1.807, 2.05) is 6.92 Å². The fraction of sp³-hybridized carbons (Fsp3) is 0.562. The minimum atomic E-state index is -0.279. The first-order chi connectivity index (χ1) is 10.1. The molecule has 0 saturated carbocycles. The zero-order chi connectivity index (χ0) is 15.2. The van der Waals surface area contributed by atoms with Crippen LogP contribution in [0.4, 0.5) is 4.39 Å². The number of esters is 1. The van der Waals surface area contributed by atoms with Crippen molar-refractivity contribution in [1.29, 1.82) is 0 Å². The van der Waals surface area contributed by atoms with Crippen LogP contribution in [0.25, 0.3) is 0 Å². The van der Waals surface area contributed by atoms with Crippen molar-refractivity contribution >= 4 is 21.9 Å². The van der Waals surface area contributed by atoms with Crippen molar-refractivity contribution in [2.75, 3.05) is 19.7 Å². The van der Waals surface area contributed by atoms with E-state index in [1.165, 1.54) is 18.6 Å². The van der Waals surface area contributed by atoms with E-state index in [0.29, 0.717) is 17.5 Å². The van der Waals surface area contributed by atoms with Gasteiger partial charge in [-0.05, 0) is 50.6 Å². The van der Waals surface area contributed by atoms with Crippen LogP contribution >= 0.6 is 15.9 Å². The number of hydrogen-bond acceptors (Lipinski definition) is 3. The molecule has 5 heteroatoms. The molecule has 1 aromatic rings. The van der Waals surface area contributed by atoms with Gasteiger partial charge in [-0.25, -0.2) is 4.39 Å². The molecule has 0 amide bonds. The second-order valence-corrected chi connectivity index (χ2v) is 6.14. The minimum absolute atomic E-state index is 0.0562. The van der Waals surface area contributed by atoms with E-state index in [2.05, 4.69) is 20.8 Å². The Morgan fingerprint density at radius 1 is 1.38 bits per heavy atom. The van der Waals surface area contributed by atoms with Gasteiger partial charge in [-0.15, -0.1) is 0 Å². The van der Waals surface area contributed by atoms with E-state index >= 15 is 0 Å². The minimum Gasteiger partial charge on any atom is -0.466 e. The van der Waals surface area contributed by atoms with Gasteiger partial charge in [-0.3, -0.25) is 9.69 Å². The summed E-state index contributed by atoms with van der Waals surface area (Å²) in [6.07, 6.45) is 3.81. The molecule has 2 rings (SSSR count). The van der Waals surface area contributed by atoms with Crippen LogP contribution in [0, 0.1) is 5.82 Å². The van der Waals surface area contributed by atoms with Gasteiger partial charge in [0.25, 0.3) is 0 Å². The number of rotatable bonds is 5. The lowest BCUT2D eigenvalue weighted by Crippen LogP contribution is -2.35. The third kappa shape index (κ3) is 4.51. The first-order valence-corrected chi connectivity index (χ1v) is 8.25. The molecular weight excluding hydrogens is 337 g/mol. The topological polar surface area (TPSA) is 29.5 Å². The van der Waals surface area contributed by atoms with Crippen molar-refractivity contribution < 1.29 is 13.9 Å². The van der Waals surface area contributed by atoms with Gasteiger partial charge in [-0.2, -0.15) is 0 Å². The molecule has 1 fully saturated rings. The van der Waals surface area contributed by atoms with Crippen molar-refractivity contribution in [1.82, 2.24) is 4.90 Å². The van der Waals surface area contributed by atoms with Gasteiger partial charge in [0.1, 0.15) is 5.82 Å². The molecule has 1 unspecified atom stereocenters. The Hall–Kier alpha value is -0.940. The molecule has 1 aliphatic heterocycles. The average molecular weight is 358 g/mol. The zero-order valence-corrected chi connectivity index (χ0v) is 13.9. The molecule has 3 nitrogen and oxygen atoms in total. The normalized spacial score (nSPS) is 17.5. The largest absolute Gasteiger partial charge is 0.466 e. The average Bonchev–Trinajstić information content (AvgIpc) is 2.47. The van der Waals surface area contributed by atoms with Gasteiger partial charge in [0.2, 0.25) is 0 Å². The van der Waals surface area contributed by atoms with E-state index in [-0.39, 0.29) is 17.8 Å². The molecule has 116 valence electrons. The van der Waals surface area contributed by atoms with Gasteiger partial charge < -0.3 is 4.74 Å². The maximum absolute atomic E-state index is 13.3. The second-order valence-electron chi connectivity index (χ2n) is 5.29. The van der Waals surface area contributed by atoms with E-state index in [0.717, 1.165) is 31.5 Å². The van der Waals surface area contributed by atoms with Gasteiger partial charge in [0, 0.05) is 10.5 Å². The molecule has 1 saturated heterocycles. The predicted molar refractivity (Wildman–Crippen MR) is 83.5 cm³/mol. The highest BCUT2D eigenvalue weighted by Crippen LogP contribution is 2.33. The van der Waals surface area contributed by atoms with Gasteiger partial charge in [0.15, 0.2) is 0 Å². The van der Waals surface area contributed by atoms with E-state index < -0.39 is 0 Å². The Labute approximate surface area is 133 Å². The van der Waals surface area contributed by atoms with Crippen LogP contribution in [-0.4, -0.2) is 30.6 Å². The number of carbonyl (C=O) groups excluding carboxylic acids is 1. The molecule has 0 aliphatic carbocycles. The smallest absolute Gasteiger partial charge is 0.307 e. The first-order valence-electron chi connectivity index (χ1n) is 7.46. The quantitative estimate of drug-likeness (QED) is 0.744. The lowest BCUT2D eigenvalue weighted by atomic mass is 9.99. The third-order valence-electron chi connectivity index (χ3n) is 3.82. The molecule has 0 N–H and O–H groups in total. The Kier molecular flexibility index (Phi) is 6.18. The number of piperidine rings is 1. The second kappa shape index (κ2) is 7.90. The molecule has 1 aromatic carbocycles. The lowest BCUT2D eigenvalue weighted by Gasteiger charge is -2.34. The lowest BCUT2D eigenvalue weighted by molar-refractivity contribution is -0.144. The van der Waals surface area contributed by atoms with Crippen molar-refractivity contribution in [2.24, 2.45) is 0 Å². The van der Waals surface area contributed by atoms with E-state index in [1.54, 1.807) is 6.07 Å². The summed E-state index contributed by atoms with van der Waals surface area (Å²) in [5.41, 5.74) is 0.950. The molecule has 0 aromatic heterocycles. The maximum atomic E-state index is 13.3. The Bertz CT molecular complexity index is 489. The monoisotopic (exact) mass is 357 g/mol. The number of benzene rings is 1. The summed E-state index contributed by atoms with van der Waals surface area (Å²) < 4.78 is 19.1. The number of halogens is 2. The van der Waals surface area contributed by atoms with Crippen molar-refractivity contribution in [3.63, 3.8) is 0 Å². The standard InChI is InChI=1S/C16H21BrFNO2/c1-2-21-16(20)11-15(19-8-4-3-5-9-19)13-7-6-12(18)10-14(13)17/h6-7,10,15H,2-5,8-9,11H2,1H3. The Morgan fingerprint density at radius 3 is 2.71 bits per heavy atom. The van der Waals surface area contributed by atoms with E-state index in [9.17, 15) is 9.18 Å². The van der Waals surface area contributed by atoms with Gasteiger partial charge >= 0.3 is 5.97 Å². The molecule has 1 heterocycles. The fourth-order valence-corrected chi connectivity index (χ4v) is 3.43. The van der Waals surface area contributed by atoms with Crippen molar-refractivity contribution in [3.05, 3.63) is 34.1 Å². The summed E-state index contributed by atoms with van der Waals surface area (Å²) in [7, 11) is 0. The van der Waals surface area contributed by atoms with E-state index in [4.69, 9.17) is 4.74 Å². The summed E-state index contributed by atoms with van der Waals surface area (Å²) >= 11 is 3.42. The molecule has 0 spiro atoms. The maximum Gasteiger partial charge on any atom is 0.307 e. The third-order valence-corrected chi connectivity index (χ3v) is 4.51. The first kappa shape index (κ1) is 16.4. The molecule has 21 heavy (non-hydrogen) atoms. The molecular formula is C16H21BrFNO2. The molecule has 0 bridgehead atoms. The number of hydrogen-bond donors (Lipinski definition) is 0. The van der Waals surface area contributed by atoms with Crippen LogP contribution < -0.4 is 0 Å². The zero-order valence-electron chi connectivity index (χ0n) is 12.3. The summed E-state index contributed by atoms with van der Waals surface area (Å²) in [6.45, 7) is 4.12. The highest BCUT2D eigenvalue weighted by molar-refractivity contribution is 9.10. The van der Waals surface area contributed by atoms with Crippen LogP contribution in [0.15, 0.2) is 22.7 Å². The van der Waals surface area contributed by atoms with Crippen LogP contribution in [0.5, 0.6) is 0 Å². The Morgan fingerprint density at radius 2 is 2.10 bits per heavy atom. The highest BCUT2D eigenvalue weighted by Gasteiger charge is 2.27. The summed E-state index contributed by atoms with van der Waals surface area (Å²) in [5.74, 6) is -0.483. The number of nitrogens with zero attached hydrogens (tertiary/aromatic N) is 1. The van der Waals surface area contributed by atoms with Gasteiger partial charge in [-0.1, -0.05) is 28.4 Å². The van der Waals surface area contributed by atoms with Crippen molar-refractivity contribution in [2.45, 2.75) is 38.6 Å². The Balaban J connectivity index is 2.23. The highest BCUT2D eigenvalue weighted by atomic mass is 79.9. The summed E-state index contributed by atoms with van der Waals surface area (Å²) in [4.78, 5) is 14.2. The number of likely N-dealkylation sites (tertiary alicyclic amines) is 1. The number of ether oxygens (including phenoxy) is 1. The summed E-state index contributed by atoms with van der Waals surface area (Å²) in [5, 5.41) is 0.